The Morgan fingerprint density at radius 1 is 1.02 bits per heavy atom. The van der Waals surface area contributed by atoms with Crippen LogP contribution in [0.5, 0.6) is 0 Å². The number of alkyl halides is 3. The molecule has 0 spiro atoms. The van der Waals surface area contributed by atoms with E-state index in [2.05, 4.69) is 15.6 Å². The van der Waals surface area contributed by atoms with Crippen molar-refractivity contribution in [2.45, 2.75) is 24.0 Å². The molecule has 0 radical (unpaired) electrons. The number of pyridine rings is 1. The maximum absolute atomic E-state index is 13.2. The van der Waals surface area contributed by atoms with Gasteiger partial charge >= 0.3 is 6.18 Å². The number of carbonyl (C=O) groups excluding carboxylic acids is 1. The monoisotopic (exact) mass is 610 g/mol. The number of hydrogen-bond donors (Lipinski definition) is 3. The Kier molecular flexibility index (Phi) is 9.87. The van der Waals surface area contributed by atoms with Crippen molar-refractivity contribution >= 4 is 39.0 Å². The van der Waals surface area contributed by atoms with Crippen LogP contribution in [-0.2, 0) is 22.7 Å². The summed E-state index contributed by atoms with van der Waals surface area (Å²) in [5.41, 5.74) is 6.35. The van der Waals surface area contributed by atoms with Crippen molar-refractivity contribution in [2.75, 3.05) is 49.5 Å². The largest absolute Gasteiger partial charge is 0.416 e. The van der Waals surface area contributed by atoms with Gasteiger partial charge in [0.25, 0.3) is 5.91 Å². The molecule has 0 atom stereocenters. The van der Waals surface area contributed by atoms with Crippen molar-refractivity contribution in [2.24, 2.45) is 5.73 Å². The molecule has 0 saturated carbocycles. The molecular formula is C27H30ClF3N6O3S. The fourth-order valence-electron chi connectivity index (χ4n) is 4.37. The highest BCUT2D eigenvalue weighted by atomic mass is 35.5. The number of amides is 1. The molecule has 220 valence electrons. The van der Waals surface area contributed by atoms with Crippen LogP contribution in [0.1, 0.15) is 27.9 Å². The first-order valence-electron chi connectivity index (χ1n) is 12.9. The van der Waals surface area contributed by atoms with Gasteiger partial charge in [0.2, 0.25) is 10.0 Å². The SMILES string of the molecule is NCCCNCc1ccccc1C(=O)Nc1ccc(S(=O)(=O)N2CCN(c3cc(C(F)(F)F)cc(Cl)n3)CC2)cc1. The van der Waals surface area contributed by atoms with Gasteiger partial charge in [-0.25, -0.2) is 13.4 Å². The average Bonchev–Trinajstić information content (AvgIpc) is 2.95. The number of anilines is 2. The average molecular weight is 611 g/mol. The van der Waals surface area contributed by atoms with Gasteiger partial charge in [-0.1, -0.05) is 29.8 Å². The number of rotatable bonds is 10. The lowest BCUT2D eigenvalue weighted by atomic mass is 10.1. The Morgan fingerprint density at radius 2 is 1.71 bits per heavy atom. The number of nitrogens with two attached hydrogens (primary N) is 1. The zero-order chi connectivity index (χ0) is 29.6. The maximum atomic E-state index is 13.2. The number of nitrogens with zero attached hydrogens (tertiary/aromatic N) is 3. The van der Waals surface area contributed by atoms with E-state index in [4.69, 9.17) is 17.3 Å². The van der Waals surface area contributed by atoms with Gasteiger partial charge < -0.3 is 21.3 Å². The van der Waals surface area contributed by atoms with Crippen molar-refractivity contribution in [1.29, 1.82) is 0 Å². The first-order valence-corrected chi connectivity index (χ1v) is 14.7. The minimum atomic E-state index is -4.58. The molecule has 1 aromatic heterocycles. The van der Waals surface area contributed by atoms with E-state index in [1.807, 2.05) is 12.1 Å². The van der Waals surface area contributed by atoms with Crippen molar-refractivity contribution in [1.82, 2.24) is 14.6 Å². The van der Waals surface area contributed by atoms with E-state index in [0.717, 1.165) is 30.7 Å². The summed E-state index contributed by atoms with van der Waals surface area (Å²) < 4.78 is 67.2. The number of hydrogen-bond acceptors (Lipinski definition) is 7. The van der Waals surface area contributed by atoms with E-state index >= 15 is 0 Å². The molecule has 9 nitrogen and oxygen atoms in total. The molecule has 0 unspecified atom stereocenters. The molecular weight excluding hydrogens is 581 g/mol. The Morgan fingerprint density at radius 3 is 2.37 bits per heavy atom. The van der Waals surface area contributed by atoms with Crippen LogP contribution < -0.4 is 21.3 Å². The van der Waals surface area contributed by atoms with Gasteiger partial charge in [-0.15, -0.1) is 0 Å². The molecule has 0 bridgehead atoms. The topological polar surface area (TPSA) is 121 Å². The van der Waals surface area contributed by atoms with Crippen molar-refractivity contribution < 1.29 is 26.4 Å². The highest BCUT2D eigenvalue weighted by molar-refractivity contribution is 7.89. The molecule has 4 N–H and O–H groups in total. The van der Waals surface area contributed by atoms with Crippen LogP contribution >= 0.6 is 11.6 Å². The van der Waals surface area contributed by atoms with Gasteiger partial charge in [0, 0.05) is 44.0 Å². The van der Waals surface area contributed by atoms with E-state index in [0.29, 0.717) is 24.3 Å². The van der Waals surface area contributed by atoms with Gasteiger partial charge in [-0.05, 0) is 67.5 Å². The molecule has 3 aromatic rings. The van der Waals surface area contributed by atoms with Gasteiger partial charge in [0.1, 0.15) is 11.0 Å². The van der Waals surface area contributed by atoms with E-state index < -0.39 is 21.8 Å². The lowest BCUT2D eigenvalue weighted by molar-refractivity contribution is -0.137. The summed E-state index contributed by atoms with van der Waals surface area (Å²) in [4.78, 5) is 18.5. The lowest BCUT2D eigenvalue weighted by Gasteiger charge is -2.35. The Labute approximate surface area is 241 Å². The molecule has 2 aromatic carbocycles. The molecule has 1 amide bonds. The molecule has 1 fully saturated rings. The van der Waals surface area contributed by atoms with Crippen molar-refractivity contribution in [3.8, 4) is 0 Å². The van der Waals surface area contributed by atoms with Gasteiger partial charge in [0.05, 0.1) is 10.5 Å². The zero-order valence-corrected chi connectivity index (χ0v) is 23.6. The van der Waals surface area contributed by atoms with Crippen LogP contribution in [0, 0.1) is 0 Å². The van der Waals surface area contributed by atoms with E-state index in [-0.39, 0.29) is 48.0 Å². The van der Waals surface area contributed by atoms with Crippen LogP contribution in [-0.4, -0.2) is 62.9 Å². The van der Waals surface area contributed by atoms with Crippen LogP contribution in [0.25, 0.3) is 0 Å². The third-order valence-corrected chi connectivity index (χ3v) is 8.66. The number of nitrogens with one attached hydrogen (secondary N) is 2. The van der Waals surface area contributed by atoms with E-state index in [1.165, 1.54) is 28.6 Å². The van der Waals surface area contributed by atoms with Crippen molar-refractivity contribution in [3.63, 3.8) is 0 Å². The van der Waals surface area contributed by atoms with Crippen molar-refractivity contribution in [3.05, 3.63) is 82.5 Å². The van der Waals surface area contributed by atoms with Crippen LogP contribution in [0.3, 0.4) is 0 Å². The van der Waals surface area contributed by atoms with Crippen LogP contribution in [0.2, 0.25) is 5.15 Å². The Hall–Kier alpha value is -3.23. The quantitative estimate of drug-likeness (QED) is 0.235. The molecule has 41 heavy (non-hydrogen) atoms. The number of piperazine rings is 1. The van der Waals surface area contributed by atoms with E-state index in [9.17, 15) is 26.4 Å². The minimum Gasteiger partial charge on any atom is -0.354 e. The molecule has 2 heterocycles. The Bertz CT molecular complexity index is 1460. The smallest absolute Gasteiger partial charge is 0.354 e. The van der Waals surface area contributed by atoms with Crippen LogP contribution in [0.15, 0.2) is 65.6 Å². The predicted octanol–water partition coefficient (Wildman–Crippen LogP) is 3.96. The number of aromatic nitrogens is 1. The second-order valence-corrected chi connectivity index (χ2v) is 11.7. The molecule has 1 aliphatic rings. The fraction of sp³-hybridized carbons (Fsp3) is 0.333. The Balaban J connectivity index is 1.38. The normalized spacial score (nSPS) is 14.7. The lowest BCUT2D eigenvalue weighted by Crippen LogP contribution is -2.49. The summed E-state index contributed by atoms with van der Waals surface area (Å²) in [6.07, 6.45) is -3.76. The van der Waals surface area contributed by atoms with Crippen LogP contribution in [0.4, 0.5) is 24.7 Å². The molecule has 1 saturated heterocycles. The summed E-state index contributed by atoms with van der Waals surface area (Å²) in [5.74, 6) is -0.286. The summed E-state index contributed by atoms with van der Waals surface area (Å²) in [7, 11) is -3.88. The minimum absolute atomic E-state index is 0.0358. The molecule has 1 aliphatic heterocycles. The zero-order valence-electron chi connectivity index (χ0n) is 22.0. The molecule has 14 heteroatoms. The van der Waals surface area contributed by atoms with Gasteiger partial charge in [-0.2, -0.15) is 17.5 Å². The highest BCUT2D eigenvalue weighted by Crippen LogP contribution is 2.33. The third kappa shape index (κ3) is 7.74. The number of carbonyl (C=O) groups is 1. The number of sulfonamides is 1. The predicted molar refractivity (Wildman–Crippen MR) is 151 cm³/mol. The number of benzene rings is 2. The van der Waals surface area contributed by atoms with Gasteiger partial charge in [-0.3, -0.25) is 4.79 Å². The third-order valence-electron chi connectivity index (χ3n) is 6.56. The summed E-state index contributed by atoms with van der Waals surface area (Å²) in [6, 6.07) is 14.7. The second kappa shape index (κ2) is 13.2. The van der Waals surface area contributed by atoms with E-state index in [1.54, 1.807) is 17.0 Å². The number of halogens is 4. The first-order chi connectivity index (χ1) is 19.5. The summed E-state index contributed by atoms with van der Waals surface area (Å²) in [6.45, 7) is 2.18. The maximum Gasteiger partial charge on any atom is 0.416 e. The fourth-order valence-corrected chi connectivity index (χ4v) is 6.00. The van der Waals surface area contributed by atoms with Gasteiger partial charge in [0.15, 0.2) is 0 Å². The molecule has 4 rings (SSSR count). The second-order valence-electron chi connectivity index (χ2n) is 9.38. The summed E-state index contributed by atoms with van der Waals surface area (Å²) in [5, 5.41) is 5.76. The molecule has 0 aliphatic carbocycles. The highest BCUT2D eigenvalue weighted by Gasteiger charge is 2.33. The first kappa shape index (κ1) is 30.7. The standard InChI is InChI=1S/C27H30ClF3N6O3S/c28-24-16-20(27(29,30)31)17-25(35-24)36-12-14-37(15-13-36)41(39,40)22-8-6-21(7-9-22)34-26(38)23-5-2-1-4-19(23)18-33-11-3-10-32/h1-2,4-9,16-17,33H,3,10-15,18,32H2,(H,34,38). The summed E-state index contributed by atoms with van der Waals surface area (Å²) >= 11 is 5.80.